The third-order valence-electron chi connectivity index (χ3n) is 5.04. The number of piperidine rings is 1. The molecule has 0 bridgehead atoms. The molecule has 3 nitrogen and oxygen atoms in total. The van der Waals surface area contributed by atoms with Gasteiger partial charge in [-0.05, 0) is 49.3 Å². The Morgan fingerprint density at radius 1 is 0.920 bits per heavy atom. The van der Waals surface area contributed by atoms with Gasteiger partial charge in [-0.2, -0.15) is 0 Å². The summed E-state index contributed by atoms with van der Waals surface area (Å²) in [4.78, 5) is 14.4. The van der Waals surface area contributed by atoms with E-state index >= 15 is 0 Å². The maximum Gasteiger partial charge on any atom is 0.236 e. The Balaban J connectivity index is 1.33. The fourth-order valence-electron chi connectivity index (χ4n) is 3.52. The zero-order chi connectivity index (χ0) is 17.3. The SMILES string of the molecule is O=C(CNCCc1ccccc1)N1CCC(Cc2ccccc2)CC1. The lowest BCUT2D eigenvalue weighted by Gasteiger charge is -2.32. The van der Waals surface area contributed by atoms with Crippen molar-refractivity contribution in [3.8, 4) is 0 Å². The van der Waals surface area contributed by atoms with Gasteiger partial charge in [0.15, 0.2) is 0 Å². The van der Waals surface area contributed by atoms with Crippen LogP contribution in [-0.4, -0.2) is 37.0 Å². The zero-order valence-corrected chi connectivity index (χ0v) is 14.9. The summed E-state index contributed by atoms with van der Waals surface area (Å²) in [6.45, 7) is 3.10. The van der Waals surface area contributed by atoms with Crippen molar-refractivity contribution < 1.29 is 4.79 Å². The van der Waals surface area contributed by atoms with Crippen molar-refractivity contribution in [3.63, 3.8) is 0 Å². The summed E-state index contributed by atoms with van der Waals surface area (Å²) >= 11 is 0. The molecule has 0 unspecified atom stereocenters. The van der Waals surface area contributed by atoms with E-state index < -0.39 is 0 Å². The van der Waals surface area contributed by atoms with Crippen molar-refractivity contribution in [3.05, 3.63) is 71.8 Å². The lowest BCUT2D eigenvalue weighted by molar-refractivity contribution is -0.131. The molecular weight excluding hydrogens is 308 g/mol. The number of benzene rings is 2. The number of carbonyl (C=O) groups is 1. The summed E-state index contributed by atoms with van der Waals surface area (Å²) in [5.41, 5.74) is 2.72. The minimum absolute atomic E-state index is 0.242. The summed E-state index contributed by atoms with van der Waals surface area (Å²) in [6, 6.07) is 21.1. The molecule has 0 spiro atoms. The molecule has 1 heterocycles. The molecule has 1 saturated heterocycles. The molecule has 1 aliphatic rings. The molecule has 132 valence electrons. The van der Waals surface area contributed by atoms with E-state index in [9.17, 15) is 4.79 Å². The Morgan fingerprint density at radius 3 is 2.16 bits per heavy atom. The monoisotopic (exact) mass is 336 g/mol. The Hall–Kier alpha value is -2.13. The van der Waals surface area contributed by atoms with Crippen LogP contribution in [0.5, 0.6) is 0 Å². The van der Waals surface area contributed by atoms with Crippen molar-refractivity contribution in [2.24, 2.45) is 5.92 Å². The minimum atomic E-state index is 0.242. The van der Waals surface area contributed by atoms with Gasteiger partial charge < -0.3 is 10.2 Å². The highest BCUT2D eigenvalue weighted by Gasteiger charge is 2.22. The molecule has 2 aromatic carbocycles. The van der Waals surface area contributed by atoms with E-state index in [0.29, 0.717) is 12.5 Å². The smallest absolute Gasteiger partial charge is 0.236 e. The first-order valence-corrected chi connectivity index (χ1v) is 9.37. The summed E-state index contributed by atoms with van der Waals surface area (Å²) in [6.07, 6.45) is 4.33. The highest BCUT2D eigenvalue weighted by molar-refractivity contribution is 5.78. The first kappa shape index (κ1) is 17.7. The number of carbonyl (C=O) groups excluding carboxylic acids is 1. The van der Waals surface area contributed by atoms with E-state index in [1.165, 1.54) is 11.1 Å². The first-order valence-electron chi connectivity index (χ1n) is 9.37. The Morgan fingerprint density at radius 2 is 1.52 bits per heavy atom. The van der Waals surface area contributed by atoms with Crippen molar-refractivity contribution in [1.29, 1.82) is 0 Å². The number of hydrogen-bond donors (Lipinski definition) is 1. The van der Waals surface area contributed by atoms with E-state index in [2.05, 4.69) is 59.9 Å². The summed E-state index contributed by atoms with van der Waals surface area (Å²) in [5, 5.41) is 3.29. The quantitative estimate of drug-likeness (QED) is 0.787. The number of rotatable bonds is 7. The van der Waals surface area contributed by atoms with Gasteiger partial charge in [0, 0.05) is 13.1 Å². The average Bonchev–Trinajstić information content (AvgIpc) is 2.67. The van der Waals surface area contributed by atoms with Crippen molar-refractivity contribution in [2.75, 3.05) is 26.2 Å². The van der Waals surface area contributed by atoms with Gasteiger partial charge in [0.2, 0.25) is 5.91 Å². The molecule has 25 heavy (non-hydrogen) atoms. The van der Waals surface area contributed by atoms with Crippen LogP contribution in [0.15, 0.2) is 60.7 Å². The Bertz CT molecular complexity index is 634. The second-order valence-electron chi connectivity index (χ2n) is 6.93. The molecule has 1 amide bonds. The Kier molecular flexibility index (Phi) is 6.63. The average molecular weight is 336 g/mol. The normalized spacial score (nSPS) is 15.3. The molecule has 0 aromatic heterocycles. The molecule has 3 heteroatoms. The fraction of sp³-hybridized carbons (Fsp3) is 0.409. The van der Waals surface area contributed by atoms with Crippen molar-refractivity contribution >= 4 is 5.91 Å². The second-order valence-corrected chi connectivity index (χ2v) is 6.93. The number of nitrogens with one attached hydrogen (secondary N) is 1. The third kappa shape index (κ3) is 5.71. The molecule has 1 fully saturated rings. The lowest BCUT2D eigenvalue weighted by Crippen LogP contribution is -2.43. The van der Waals surface area contributed by atoms with Crippen LogP contribution < -0.4 is 5.32 Å². The van der Waals surface area contributed by atoms with Crippen LogP contribution in [0.25, 0.3) is 0 Å². The van der Waals surface area contributed by atoms with Gasteiger partial charge in [-0.25, -0.2) is 0 Å². The Labute approximate surface area is 151 Å². The van der Waals surface area contributed by atoms with Crippen LogP contribution in [0.2, 0.25) is 0 Å². The lowest BCUT2D eigenvalue weighted by atomic mass is 9.90. The van der Waals surface area contributed by atoms with Crippen LogP contribution >= 0.6 is 0 Å². The molecule has 0 aliphatic carbocycles. The number of nitrogens with zero attached hydrogens (tertiary/aromatic N) is 1. The van der Waals surface area contributed by atoms with Gasteiger partial charge in [0.25, 0.3) is 0 Å². The predicted molar refractivity (Wildman–Crippen MR) is 102 cm³/mol. The van der Waals surface area contributed by atoms with E-state index in [1.54, 1.807) is 0 Å². The highest BCUT2D eigenvalue weighted by atomic mass is 16.2. The molecule has 1 aliphatic heterocycles. The molecular formula is C22H28N2O. The zero-order valence-electron chi connectivity index (χ0n) is 14.9. The fourth-order valence-corrected chi connectivity index (χ4v) is 3.52. The van der Waals surface area contributed by atoms with Gasteiger partial charge in [0.05, 0.1) is 6.54 Å². The number of likely N-dealkylation sites (tertiary alicyclic amines) is 1. The van der Waals surface area contributed by atoms with E-state index in [4.69, 9.17) is 0 Å². The van der Waals surface area contributed by atoms with Crippen LogP contribution in [0.4, 0.5) is 0 Å². The number of amides is 1. The van der Waals surface area contributed by atoms with Gasteiger partial charge in [-0.3, -0.25) is 4.79 Å². The van der Waals surface area contributed by atoms with Crippen molar-refractivity contribution in [1.82, 2.24) is 10.2 Å². The third-order valence-corrected chi connectivity index (χ3v) is 5.04. The number of hydrogen-bond acceptors (Lipinski definition) is 2. The molecule has 0 radical (unpaired) electrons. The largest absolute Gasteiger partial charge is 0.342 e. The van der Waals surface area contributed by atoms with Gasteiger partial charge in [0.1, 0.15) is 0 Å². The van der Waals surface area contributed by atoms with Gasteiger partial charge in [-0.15, -0.1) is 0 Å². The standard InChI is InChI=1S/C22H28N2O/c25-22(18-23-14-11-19-7-3-1-4-8-19)24-15-12-21(13-16-24)17-20-9-5-2-6-10-20/h1-10,21,23H,11-18H2. The topological polar surface area (TPSA) is 32.3 Å². The minimum Gasteiger partial charge on any atom is -0.342 e. The predicted octanol–water partition coefficient (Wildman–Crippen LogP) is 3.30. The highest BCUT2D eigenvalue weighted by Crippen LogP contribution is 2.21. The van der Waals surface area contributed by atoms with Gasteiger partial charge in [-0.1, -0.05) is 60.7 Å². The van der Waals surface area contributed by atoms with Gasteiger partial charge >= 0.3 is 0 Å². The van der Waals surface area contributed by atoms with E-state index in [1.807, 2.05) is 11.0 Å². The van der Waals surface area contributed by atoms with Crippen LogP contribution in [0, 0.1) is 5.92 Å². The summed E-state index contributed by atoms with van der Waals surface area (Å²) in [7, 11) is 0. The van der Waals surface area contributed by atoms with E-state index in [-0.39, 0.29) is 5.91 Å². The van der Waals surface area contributed by atoms with E-state index in [0.717, 1.165) is 45.3 Å². The van der Waals surface area contributed by atoms with Crippen molar-refractivity contribution in [2.45, 2.75) is 25.7 Å². The molecule has 0 atom stereocenters. The second kappa shape index (κ2) is 9.38. The summed E-state index contributed by atoms with van der Waals surface area (Å²) < 4.78 is 0. The maximum absolute atomic E-state index is 12.3. The summed E-state index contributed by atoms with van der Waals surface area (Å²) in [5.74, 6) is 0.948. The van der Waals surface area contributed by atoms with Crippen LogP contribution in [-0.2, 0) is 17.6 Å². The molecule has 2 aromatic rings. The molecule has 1 N–H and O–H groups in total. The molecule has 3 rings (SSSR count). The first-order chi connectivity index (χ1) is 12.3. The van der Waals surface area contributed by atoms with Crippen LogP contribution in [0.1, 0.15) is 24.0 Å². The van der Waals surface area contributed by atoms with Crippen LogP contribution in [0.3, 0.4) is 0 Å². The maximum atomic E-state index is 12.3. The molecule has 0 saturated carbocycles.